The van der Waals surface area contributed by atoms with Gasteiger partial charge in [0.15, 0.2) is 0 Å². The Morgan fingerprint density at radius 1 is 1.00 bits per heavy atom. The molecule has 0 saturated heterocycles. The van der Waals surface area contributed by atoms with Gasteiger partial charge in [0.25, 0.3) is 0 Å². The maximum absolute atomic E-state index is 13.8. The molecule has 7 nitrogen and oxygen atoms in total. The third-order valence-electron chi connectivity index (χ3n) is 6.29. The highest BCUT2D eigenvalue weighted by molar-refractivity contribution is 9.10. The molecule has 9 heteroatoms. The maximum atomic E-state index is 13.8. The van der Waals surface area contributed by atoms with Crippen molar-refractivity contribution in [2.24, 2.45) is 0 Å². The second-order valence-corrected chi connectivity index (χ2v) is 9.05. The van der Waals surface area contributed by atoms with E-state index in [0.717, 1.165) is 38.2 Å². The summed E-state index contributed by atoms with van der Waals surface area (Å²) >= 11 is 3.60. The van der Waals surface area contributed by atoms with Crippen LogP contribution in [0.1, 0.15) is 28.8 Å². The molecule has 176 valence electrons. The predicted octanol–water partition coefficient (Wildman–Crippen LogP) is 5.76. The molecule has 3 aromatic carbocycles. The molecule has 0 bridgehead atoms. The first-order valence-electron chi connectivity index (χ1n) is 10.9. The molecule has 0 saturated carbocycles. The van der Waals surface area contributed by atoms with Crippen LogP contribution in [0.25, 0.3) is 5.70 Å². The van der Waals surface area contributed by atoms with Crippen LogP contribution < -0.4 is 19.5 Å². The number of rotatable bonds is 4. The average Bonchev–Trinajstić information content (AvgIpc) is 3.35. The number of aromatic nitrogens is 3. The molecular weight excluding hydrogens is 515 g/mol. The smallest absolute Gasteiger partial charge is 0.226 e. The van der Waals surface area contributed by atoms with E-state index >= 15 is 0 Å². The molecule has 4 aromatic rings. The minimum atomic E-state index is -0.465. The zero-order valence-electron chi connectivity index (χ0n) is 18.8. The van der Waals surface area contributed by atoms with Crippen LogP contribution in [0.3, 0.4) is 0 Å². The molecule has 0 aliphatic carbocycles. The Balaban J connectivity index is 1.61. The Bertz CT molecular complexity index is 1470. The minimum absolute atomic E-state index is 0.304. The van der Waals surface area contributed by atoms with Crippen LogP contribution in [0, 0.1) is 5.82 Å². The van der Waals surface area contributed by atoms with Gasteiger partial charge in [-0.2, -0.15) is 10.1 Å². The lowest BCUT2D eigenvalue weighted by atomic mass is 9.84. The van der Waals surface area contributed by atoms with Crippen molar-refractivity contribution in [3.63, 3.8) is 0 Å². The lowest BCUT2D eigenvalue weighted by Gasteiger charge is -2.39. The van der Waals surface area contributed by atoms with E-state index in [9.17, 15) is 4.39 Å². The van der Waals surface area contributed by atoms with E-state index in [-0.39, 0.29) is 11.9 Å². The molecule has 0 fully saturated rings. The number of benzene rings is 3. The van der Waals surface area contributed by atoms with Crippen molar-refractivity contribution in [2.45, 2.75) is 12.1 Å². The van der Waals surface area contributed by atoms with Crippen molar-refractivity contribution in [1.82, 2.24) is 14.8 Å². The van der Waals surface area contributed by atoms with Gasteiger partial charge in [-0.1, -0.05) is 18.2 Å². The van der Waals surface area contributed by atoms with Gasteiger partial charge in [-0.05, 0) is 69.5 Å². The van der Waals surface area contributed by atoms with E-state index in [0.29, 0.717) is 17.4 Å². The standard InChI is InChI=1S/C26H20BrFN4O3/c1-33-17-8-10-20-18(12-17)23-22(25(35-20)15-5-9-21(34-2)19(27)11-15)24(14-3-6-16(28)7-4-14)32-26(31-23)29-13-30-32/h3-13,24-25H,1-2H3,(H,29,30,31)/t24-,25+/m1/s1. The molecule has 35 heavy (non-hydrogen) atoms. The number of fused-ring (bicyclic) bond motifs is 3. The second kappa shape index (κ2) is 8.42. The lowest BCUT2D eigenvalue weighted by Crippen LogP contribution is -2.32. The van der Waals surface area contributed by atoms with Gasteiger partial charge in [0.1, 0.15) is 41.5 Å². The predicted molar refractivity (Wildman–Crippen MR) is 132 cm³/mol. The zero-order chi connectivity index (χ0) is 24.1. The zero-order valence-corrected chi connectivity index (χ0v) is 20.4. The van der Waals surface area contributed by atoms with Crippen LogP contribution >= 0.6 is 15.9 Å². The van der Waals surface area contributed by atoms with Gasteiger partial charge < -0.3 is 19.5 Å². The van der Waals surface area contributed by atoms with Crippen molar-refractivity contribution >= 4 is 27.6 Å². The summed E-state index contributed by atoms with van der Waals surface area (Å²) in [6.07, 6.45) is 1.04. The summed E-state index contributed by atoms with van der Waals surface area (Å²) in [5.41, 5.74) is 4.41. The van der Waals surface area contributed by atoms with Crippen LogP contribution in [-0.2, 0) is 0 Å². The van der Waals surface area contributed by atoms with Gasteiger partial charge in [-0.15, -0.1) is 0 Å². The molecule has 6 rings (SSSR count). The Kier molecular flexibility index (Phi) is 5.21. The van der Waals surface area contributed by atoms with Crippen molar-refractivity contribution in [3.05, 3.63) is 99.5 Å². The van der Waals surface area contributed by atoms with Gasteiger partial charge in [0.2, 0.25) is 5.95 Å². The van der Waals surface area contributed by atoms with Gasteiger partial charge in [-0.3, -0.25) is 0 Å². The second-order valence-electron chi connectivity index (χ2n) is 8.19. The van der Waals surface area contributed by atoms with E-state index < -0.39 is 6.10 Å². The van der Waals surface area contributed by atoms with E-state index in [1.54, 1.807) is 31.0 Å². The lowest BCUT2D eigenvalue weighted by molar-refractivity contribution is 0.222. The van der Waals surface area contributed by atoms with E-state index in [1.807, 2.05) is 36.4 Å². The highest BCUT2D eigenvalue weighted by Gasteiger charge is 2.41. The fourth-order valence-electron chi connectivity index (χ4n) is 4.66. The summed E-state index contributed by atoms with van der Waals surface area (Å²) in [4.78, 5) is 4.43. The van der Waals surface area contributed by atoms with Crippen molar-refractivity contribution in [1.29, 1.82) is 0 Å². The number of halogens is 2. The first kappa shape index (κ1) is 21.7. The van der Waals surface area contributed by atoms with Gasteiger partial charge in [0.05, 0.1) is 24.4 Å². The molecule has 1 aromatic heterocycles. The number of methoxy groups -OCH3 is 2. The number of anilines is 1. The summed E-state index contributed by atoms with van der Waals surface area (Å²) in [7, 11) is 3.26. The molecule has 0 radical (unpaired) electrons. The van der Waals surface area contributed by atoms with Crippen molar-refractivity contribution in [3.8, 4) is 17.2 Å². The monoisotopic (exact) mass is 534 g/mol. The Morgan fingerprint density at radius 2 is 1.80 bits per heavy atom. The summed E-state index contributed by atoms with van der Waals surface area (Å²) < 4.78 is 34.0. The SMILES string of the molecule is COc1ccc2c(c1)C1=C([C@H](c3ccc(OC)c(Br)c3)O2)[C@@H](c2ccc(F)cc2)n2ncnc2N1. The summed E-state index contributed by atoms with van der Waals surface area (Å²) in [6.45, 7) is 0. The number of hydrogen-bond acceptors (Lipinski definition) is 6. The first-order valence-corrected chi connectivity index (χ1v) is 11.7. The third-order valence-corrected chi connectivity index (χ3v) is 6.91. The molecule has 3 heterocycles. The largest absolute Gasteiger partial charge is 0.497 e. The third kappa shape index (κ3) is 3.54. The Labute approximate surface area is 209 Å². The van der Waals surface area contributed by atoms with E-state index in [4.69, 9.17) is 14.2 Å². The van der Waals surface area contributed by atoms with E-state index in [1.165, 1.54) is 18.5 Å². The Hall–Kier alpha value is -3.85. The number of nitrogens with zero attached hydrogens (tertiary/aromatic N) is 3. The molecule has 2 atom stereocenters. The molecular formula is C26H20BrFN4O3. The molecule has 1 N–H and O–H groups in total. The average molecular weight is 535 g/mol. The quantitative estimate of drug-likeness (QED) is 0.359. The molecule has 0 amide bonds. The molecule has 0 spiro atoms. The molecule has 2 aliphatic rings. The van der Waals surface area contributed by atoms with Crippen molar-refractivity contribution in [2.75, 3.05) is 19.5 Å². The van der Waals surface area contributed by atoms with Crippen LogP contribution in [0.5, 0.6) is 17.2 Å². The maximum Gasteiger partial charge on any atom is 0.226 e. The Morgan fingerprint density at radius 3 is 2.54 bits per heavy atom. The fourth-order valence-corrected chi connectivity index (χ4v) is 5.22. The molecule has 0 unspecified atom stereocenters. The van der Waals surface area contributed by atoms with Gasteiger partial charge in [-0.25, -0.2) is 9.07 Å². The topological polar surface area (TPSA) is 70.4 Å². The van der Waals surface area contributed by atoms with Crippen LogP contribution in [0.15, 0.2) is 77.0 Å². The van der Waals surface area contributed by atoms with Crippen LogP contribution in [0.2, 0.25) is 0 Å². The normalized spacial score (nSPS) is 18.1. The number of ether oxygens (including phenoxy) is 3. The van der Waals surface area contributed by atoms with Gasteiger partial charge in [0, 0.05) is 11.1 Å². The molecule has 2 aliphatic heterocycles. The minimum Gasteiger partial charge on any atom is -0.497 e. The first-order chi connectivity index (χ1) is 17.1. The number of hydrogen-bond donors (Lipinski definition) is 1. The highest BCUT2D eigenvalue weighted by atomic mass is 79.9. The summed E-state index contributed by atoms with van der Waals surface area (Å²) in [6, 6.07) is 17.6. The van der Waals surface area contributed by atoms with E-state index in [2.05, 4.69) is 31.3 Å². The fraction of sp³-hybridized carbons (Fsp3) is 0.154. The summed E-state index contributed by atoms with van der Waals surface area (Å²) in [5, 5.41) is 7.95. The van der Waals surface area contributed by atoms with Crippen molar-refractivity contribution < 1.29 is 18.6 Å². The van der Waals surface area contributed by atoms with Crippen LogP contribution in [-0.4, -0.2) is 29.0 Å². The van der Waals surface area contributed by atoms with Gasteiger partial charge >= 0.3 is 0 Å². The highest BCUT2D eigenvalue weighted by Crippen LogP contribution is 2.51. The van der Waals surface area contributed by atoms with Crippen LogP contribution in [0.4, 0.5) is 10.3 Å². The summed E-state index contributed by atoms with van der Waals surface area (Å²) in [5.74, 6) is 2.42. The number of nitrogens with one attached hydrogen (secondary N) is 1.